The Labute approximate surface area is 126 Å². The number of benzene rings is 1. The summed E-state index contributed by atoms with van der Waals surface area (Å²) in [6.45, 7) is 1.99. The number of carbonyl (C=O) groups is 1. The van der Waals surface area contributed by atoms with Crippen molar-refractivity contribution in [2.24, 2.45) is 0 Å². The predicted molar refractivity (Wildman–Crippen MR) is 82.3 cm³/mol. The summed E-state index contributed by atoms with van der Waals surface area (Å²) in [7, 11) is 0. The fourth-order valence-electron chi connectivity index (χ4n) is 1.75. The molecule has 2 rings (SSSR count). The topological polar surface area (TPSA) is 90.0 Å². The van der Waals surface area contributed by atoms with Crippen molar-refractivity contribution >= 4 is 28.9 Å². The Morgan fingerprint density at radius 1 is 1.43 bits per heavy atom. The average Bonchev–Trinajstić information content (AvgIpc) is 2.41. The van der Waals surface area contributed by atoms with E-state index in [2.05, 4.69) is 10.3 Å². The van der Waals surface area contributed by atoms with Crippen LogP contribution in [0.25, 0.3) is 0 Å². The first-order chi connectivity index (χ1) is 9.95. The predicted octanol–water partition coefficient (Wildman–Crippen LogP) is 1.82. The third-order valence-electron chi connectivity index (χ3n) is 2.86. The maximum Gasteiger partial charge on any atom is 0.253 e. The van der Waals surface area contributed by atoms with Crippen molar-refractivity contribution in [1.29, 1.82) is 0 Å². The number of hydrogen-bond acceptors (Lipinski definition) is 4. The molecule has 3 N–H and O–H groups in total. The third-order valence-corrected chi connectivity index (χ3v) is 3.18. The summed E-state index contributed by atoms with van der Waals surface area (Å²) >= 11 is 5.97. The van der Waals surface area contributed by atoms with Gasteiger partial charge in [-0.1, -0.05) is 11.6 Å². The van der Waals surface area contributed by atoms with Gasteiger partial charge in [-0.2, -0.15) is 0 Å². The molecule has 0 aliphatic heterocycles. The van der Waals surface area contributed by atoms with Crippen LogP contribution in [0, 0.1) is 6.92 Å². The van der Waals surface area contributed by atoms with Crippen LogP contribution in [0.15, 0.2) is 35.4 Å². The first-order valence-corrected chi connectivity index (χ1v) is 6.71. The van der Waals surface area contributed by atoms with Crippen molar-refractivity contribution < 1.29 is 4.79 Å². The SMILES string of the molecule is Cc1cc(=O)n(CCC(=O)Nc2ccc(N)cc2Cl)cn1. The van der Waals surface area contributed by atoms with E-state index in [1.54, 1.807) is 25.1 Å². The number of nitrogen functional groups attached to an aromatic ring is 1. The smallest absolute Gasteiger partial charge is 0.253 e. The van der Waals surface area contributed by atoms with Gasteiger partial charge in [0.25, 0.3) is 5.56 Å². The van der Waals surface area contributed by atoms with Crippen LogP contribution in [-0.4, -0.2) is 15.5 Å². The minimum atomic E-state index is -0.242. The van der Waals surface area contributed by atoms with Crippen LogP contribution in [0.4, 0.5) is 11.4 Å². The van der Waals surface area contributed by atoms with E-state index in [0.717, 1.165) is 0 Å². The molecule has 2 aromatic rings. The van der Waals surface area contributed by atoms with Gasteiger partial charge in [0.2, 0.25) is 5.91 Å². The van der Waals surface area contributed by atoms with Crippen LogP contribution in [0.3, 0.4) is 0 Å². The molecule has 0 aliphatic carbocycles. The van der Waals surface area contributed by atoms with Gasteiger partial charge in [-0.3, -0.25) is 14.2 Å². The number of nitrogens with zero attached hydrogens (tertiary/aromatic N) is 2. The van der Waals surface area contributed by atoms with Gasteiger partial charge in [-0.15, -0.1) is 0 Å². The van der Waals surface area contributed by atoms with E-state index >= 15 is 0 Å². The highest BCUT2D eigenvalue weighted by molar-refractivity contribution is 6.34. The van der Waals surface area contributed by atoms with Crippen molar-refractivity contribution in [1.82, 2.24) is 9.55 Å². The van der Waals surface area contributed by atoms with Crippen molar-refractivity contribution in [3.05, 3.63) is 51.7 Å². The zero-order chi connectivity index (χ0) is 15.4. The van der Waals surface area contributed by atoms with Gasteiger partial charge in [0, 0.05) is 30.4 Å². The van der Waals surface area contributed by atoms with Crippen molar-refractivity contribution in [3.8, 4) is 0 Å². The summed E-state index contributed by atoms with van der Waals surface area (Å²) in [6, 6.07) is 6.27. The number of nitrogens with two attached hydrogens (primary N) is 1. The summed E-state index contributed by atoms with van der Waals surface area (Å²) < 4.78 is 1.39. The summed E-state index contributed by atoms with van der Waals surface area (Å²) in [5.74, 6) is -0.242. The lowest BCUT2D eigenvalue weighted by Crippen LogP contribution is -2.23. The Morgan fingerprint density at radius 3 is 2.86 bits per heavy atom. The van der Waals surface area contributed by atoms with E-state index in [4.69, 9.17) is 17.3 Å². The number of amides is 1. The van der Waals surface area contributed by atoms with Crippen LogP contribution >= 0.6 is 11.6 Å². The van der Waals surface area contributed by atoms with E-state index in [9.17, 15) is 9.59 Å². The third kappa shape index (κ3) is 4.06. The summed E-state index contributed by atoms with van der Waals surface area (Å²) in [5.41, 5.74) is 7.06. The number of aromatic nitrogens is 2. The normalized spacial score (nSPS) is 10.4. The molecule has 0 saturated carbocycles. The molecule has 0 unspecified atom stereocenters. The highest BCUT2D eigenvalue weighted by atomic mass is 35.5. The molecule has 1 aromatic heterocycles. The van der Waals surface area contributed by atoms with Crippen molar-refractivity contribution in [2.75, 3.05) is 11.1 Å². The molecule has 0 aliphatic rings. The fourth-order valence-corrected chi connectivity index (χ4v) is 1.99. The van der Waals surface area contributed by atoms with Gasteiger partial charge in [0.05, 0.1) is 17.0 Å². The highest BCUT2D eigenvalue weighted by Crippen LogP contribution is 2.24. The van der Waals surface area contributed by atoms with Gasteiger partial charge < -0.3 is 11.1 Å². The lowest BCUT2D eigenvalue weighted by molar-refractivity contribution is -0.116. The van der Waals surface area contributed by atoms with E-state index in [1.165, 1.54) is 17.0 Å². The molecule has 6 nitrogen and oxygen atoms in total. The lowest BCUT2D eigenvalue weighted by Gasteiger charge is -2.09. The molecule has 0 atom stereocenters. The molecular weight excluding hydrogens is 292 g/mol. The first kappa shape index (κ1) is 15.1. The van der Waals surface area contributed by atoms with E-state index in [1.807, 2.05) is 0 Å². The molecule has 1 amide bonds. The quantitative estimate of drug-likeness (QED) is 0.843. The molecule has 0 fully saturated rings. The molecule has 1 heterocycles. The molecule has 7 heteroatoms. The number of nitrogens with one attached hydrogen (secondary N) is 1. The second kappa shape index (κ2) is 6.41. The zero-order valence-corrected chi connectivity index (χ0v) is 12.2. The number of rotatable bonds is 4. The summed E-state index contributed by atoms with van der Waals surface area (Å²) in [4.78, 5) is 27.5. The number of carbonyl (C=O) groups excluding carboxylic acids is 1. The minimum Gasteiger partial charge on any atom is -0.399 e. The molecular formula is C14H15ClN4O2. The largest absolute Gasteiger partial charge is 0.399 e. The first-order valence-electron chi connectivity index (χ1n) is 6.33. The Morgan fingerprint density at radius 2 is 2.19 bits per heavy atom. The van der Waals surface area contributed by atoms with Crippen LogP contribution in [0.1, 0.15) is 12.1 Å². The Kier molecular flexibility index (Phi) is 4.59. The van der Waals surface area contributed by atoms with E-state index in [-0.39, 0.29) is 24.4 Å². The van der Waals surface area contributed by atoms with Crippen molar-refractivity contribution in [2.45, 2.75) is 19.9 Å². The van der Waals surface area contributed by atoms with Gasteiger partial charge >= 0.3 is 0 Å². The minimum absolute atomic E-state index is 0.144. The van der Waals surface area contributed by atoms with Crippen molar-refractivity contribution in [3.63, 3.8) is 0 Å². The number of aryl methyl sites for hydroxylation is 2. The molecule has 0 spiro atoms. The molecule has 1 aromatic carbocycles. The number of anilines is 2. The fraction of sp³-hybridized carbons (Fsp3) is 0.214. The Balaban J connectivity index is 1.97. The second-order valence-corrected chi connectivity index (χ2v) is 5.01. The van der Waals surface area contributed by atoms with Crippen LogP contribution in [0.5, 0.6) is 0 Å². The monoisotopic (exact) mass is 306 g/mol. The van der Waals surface area contributed by atoms with Gasteiger partial charge in [0.15, 0.2) is 0 Å². The lowest BCUT2D eigenvalue weighted by atomic mass is 10.2. The second-order valence-electron chi connectivity index (χ2n) is 4.60. The Hall–Kier alpha value is -2.34. The molecule has 110 valence electrons. The van der Waals surface area contributed by atoms with Crippen LogP contribution < -0.4 is 16.6 Å². The van der Waals surface area contributed by atoms with E-state index < -0.39 is 0 Å². The molecule has 0 saturated heterocycles. The number of hydrogen-bond donors (Lipinski definition) is 2. The van der Waals surface area contributed by atoms with Gasteiger partial charge in [-0.25, -0.2) is 4.98 Å². The average molecular weight is 307 g/mol. The summed E-state index contributed by atoms with van der Waals surface area (Å²) in [5, 5.41) is 3.05. The van der Waals surface area contributed by atoms with E-state index in [0.29, 0.717) is 22.1 Å². The standard InChI is InChI=1S/C14H15ClN4O2/c1-9-6-14(21)19(8-17-9)5-4-13(20)18-12-3-2-10(16)7-11(12)15/h2-3,6-8H,4-5,16H2,1H3,(H,18,20). The molecule has 0 radical (unpaired) electrons. The Bertz CT molecular complexity index is 727. The van der Waals surface area contributed by atoms with Gasteiger partial charge in [0.1, 0.15) is 0 Å². The van der Waals surface area contributed by atoms with Gasteiger partial charge in [-0.05, 0) is 25.1 Å². The summed E-state index contributed by atoms with van der Waals surface area (Å²) in [6.07, 6.45) is 1.58. The number of halogens is 1. The molecule has 21 heavy (non-hydrogen) atoms. The molecule has 0 bridgehead atoms. The zero-order valence-electron chi connectivity index (χ0n) is 11.5. The maximum absolute atomic E-state index is 11.9. The maximum atomic E-state index is 11.9. The highest BCUT2D eigenvalue weighted by Gasteiger charge is 2.07. The van der Waals surface area contributed by atoms with Crippen LogP contribution in [-0.2, 0) is 11.3 Å². The van der Waals surface area contributed by atoms with Crippen LogP contribution in [0.2, 0.25) is 5.02 Å².